The zero-order valence-corrected chi connectivity index (χ0v) is 36.3. The van der Waals surface area contributed by atoms with E-state index in [0.29, 0.717) is 36.7 Å². The van der Waals surface area contributed by atoms with Gasteiger partial charge in [-0.15, -0.1) is 0 Å². The molecule has 2 atom stereocenters. The fourth-order valence-corrected chi connectivity index (χ4v) is 13.9. The molecule has 3 heterocycles. The zero-order chi connectivity index (χ0) is 42.6. The summed E-state index contributed by atoms with van der Waals surface area (Å²) in [4.78, 5) is 16.7. The number of ether oxygens (including phenoxy) is 1. The van der Waals surface area contributed by atoms with E-state index in [2.05, 4.69) is 194 Å². The van der Waals surface area contributed by atoms with Crippen molar-refractivity contribution >= 4 is 35.7 Å². The van der Waals surface area contributed by atoms with Gasteiger partial charge in [-0.1, -0.05) is 197 Å². The number of nitrogens with two attached hydrogens (primary N) is 1. The van der Waals surface area contributed by atoms with Gasteiger partial charge in [-0.25, -0.2) is 15.0 Å². The Kier molecular flexibility index (Phi) is 11.4. The quantitative estimate of drug-likeness (QED) is 0.0840. The number of hydrogen-bond donors (Lipinski definition) is 1. The van der Waals surface area contributed by atoms with Crippen molar-refractivity contribution in [3.8, 4) is 11.8 Å². The first kappa shape index (κ1) is 40.7. The number of imidazole rings is 1. The number of fused-ring (bicyclic) bond motifs is 1. The van der Waals surface area contributed by atoms with Gasteiger partial charge in [-0.2, -0.15) is 0 Å². The van der Waals surface area contributed by atoms with Crippen molar-refractivity contribution in [1.29, 1.82) is 0 Å². The average Bonchev–Trinajstić information content (AvgIpc) is 3.70. The second kappa shape index (κ2) is 17.4. The predicted octanol–water partition coefficient (Wildman–Crippen LogP) is 8.58. The number of hydrogen-bond acceptors (Lipinski definition) is 7. The highest BCUT2D eigenvalue weighted by molar-refractivity contribution is 6.99. The van der Waals surface area contributed by atoms with Crippen molar-refractivity contribution in [2.75, 3.05) is 25.4 Å². The molecule has 0 aliphatic carbocycles. The number of morpholine rings is 1. The molecule has 1 saturated heterocycles. The topological polar surface area (TPSA) is 91.3 Å². The molecule has 1 fully saturated rings. The van der Waals surface area contributed by atoms with Crippen LogP contribution in [0.2, 0.25) is 5.04 Å². The molecule has 1 aliphatic rings. The van der Waals surface area contributed by atoms with Crippen LogP contribution in [0.3, 0.4) is 0 Å². The summed E-state index contributed by atoms with van der Waals surface area (Å²) in [7, 11) is -2.97. The van der Waals surface area contributed by atoms with Gasteiger partial charge in [0.2, 0.25) is 0 Å². The van der Waals surface area contributed by atoms with E-state index in [9.17, 15) is 0 Å². The van der Waals surface area contributed by atoms with Crippen LogP contribution >= 0.6 is 0 Å². The van der Waals surface area contributed by atoms with E-state index in [1.54, 1.807) is 0 Å². The van der Waals surface area contributed by atoms with Crippen LogP contribution in [0.5, 0.6) is 0 Å². The molecule has 0 radical (unpaired) electrons. The summed E-state index contributed by atoms with van der Waals surface area (Å²) in [5, 5.41) is 2.18. The van der Waals surface area contributed by atoms with E-state index in [1.165, 1.54) is 16.7 Å². The largest absolute Gasteiger partial charge is 0.405 e. The maximum absolute atomic E-state index is 7.68. The Morgan fingerprint density at radius 1 is 0.645 bits per heavy atom. The van der Waals surface area contributed by atoms with Crippen molar-refractivity contribution < 1.29 is 9.16 Å². The lowest BCUT2D eigenvalue weighted by Crippen LogP contribution is -2.67. The third-order valence-corrected chi connectivity index (χ3v) is 17.0. The van der Waals surface area contributed by atoms with Crippen LogP contribution in [-0.2, 0) is 14.7 Å². The maximum atomic E-state index is 7.68. The molecule has 8 nitrogen and oxygen atoms in total. The minimum Gasteiger partial charge on any atom is -0.405 e. The maximum Gasteiger partial charge on any atom is 0.261 e. The Balaban J connectivity index is 1.25. The standard InChI is InChI=1S/C53H50N6O2Si/c1-52(2,3)62(45-30-18-8-19-31-45,46-32-20-9-21-33-46)60-38-44-36-58(53(41-24-12-5-13-25-41,42-26-14-6-15-27-42)43-28-16-7-17-29-43)37-48(61-44)59-47(35-34-40-22-10-4-11-23-40)57-49-50(54)55-39-56-51(49)59/h4-33,39,44,48H,36-38H2,1-3H3,(H2,54,55,56)/t44-,48+/m0/s1. The van der Waals surface area contributed by atoms with Crippen LogP contribution in [0.15, 0.2) is 188 Å². The highest BCUT2D eigenvalue weighted by Gasteiger charge is 2.52. The van der Waals surface area contributed by atoms with Crippen molar-refractivity contribution in [3.05, 3.63) is 216 Å². The number of anilines is 1. The summed E-state index contributed by atoms with van der Waals surface area (Å²) in [6.07, 6.45) is 0.445. The molecule has 308 valence electrons. The van der Waals surface area contributed by atoms with Gasteiger partial charge < -0.3 is 14.9 Å². The highest BCUT2D eigenvalue weighted by atomic mass is 28.4. The lowest BCUT2D eigenvalue weighted by Gasteiger charge is -2.51. The second-order valence-corrected chi connectivity index (χ2v) is 21.1. The van der Waals surface area contributed by atoms with Crippen LogP contribution in [0, 0.1) is 11.8 Å². The fourth-order valence-electron chi connectivity index (χ4n) is 9.33. The van der Waals surface area contributed by atoms with Crippen LogP contribution < -0.4 is 16.1 Å². The summed E-state index contributed by atoms with van der Waals surface area (Å²) in [5.74, 6) is 7.49. The van der Waals surface area contributed by atoms with Gasteiger partial charge in [-0.05, 0) is 50.2 Å². The molecule has 0 unspecified atom stereocenters. The van der Waals surface area contributed by atoms with Crippen molar-refractivity contribution in [1.82, 2.24) is 24.4 Å². The molecule has 6 aromatic carbocycles. The highest BCUT2D eigenvalue weighted by Crippen LogP contribution is 2.45. The SMILES string of the molecule is CC(C)(C)[Si](OC[C@@H]1CN(C(c2ccccc2)(c2ccccc2)c2ccccc2)C[C@H](n2c(C#Cc3ccccc3)nc3c(N)ncnc32)O1)(c1ccccc1)c1ccccc1. The molecule has 9 heteroatoms. The third kappa shape index (κ3) is 7.52. The summed E-state index contributed by atoms with van der Waals surface area (Å²) in [5.41, 5.74) is 11.1. The molecule has 9 rings (SSSR count). The Bertz CT molecular complexity index is 2650. The Labute approximate surface area is 365 Å². The van der Waals surface area contributed by atoms with Crippen molar-refractivity contribution in [2.24, 2.45) is 0 Å². The van der Waals surface area contributed by atoms with E-state index in [1.807, 2.05) is 34.9 Å². The van der Waals surface area contributed by atoms with E-state index < -0.39 is 26.2 Å². The summed E-state index contributed by atoms with van der Waals surface area (Å²) < 4.78 is 17.1. The van der Waals surface area contributed by atoms with Gasteiger partial charge >= 0.3 is 0 Å². The molecular weight excluding hydrogens is 781 g/mol. The third-order valence-electron chi connectivity index (χ3n) is 12.0. The monoisotopic (exact) mass is 830 g/mol. The van der Waals surface area contributed by atoms with Crippen molar-refractivity contribution in [3.63, 3.8) is 0 Å². The van der Waals surface area contributed by atoms with Crippen LogP contribution in [0.1, 0.15) is 55.1 Å². The first-order valence-corrected chi connectivity index (χ1v) is 23.1. The molecule has 0 spiro atoms. The minimum absolute atomic E-state index is 0.236. The number of aromatic nitrogens is 4. The zero-order valence-electron chi connectivity index (χ0n) is 35.3. The van der Waals surface area contributed by atoms with E-state index in [-0.39, 0.29) is 10.9 Å². The first-order valence-electron chi connectivity index (χ1n) is 21.2. The lowest BCUT2D eigenvalue weighted by atomic mass is 9.75. The molecule has 0 bridgehead atoms. The van der Waals surface area contributed by atoms with Crippen LogP contribution in [0.25, 0.3) is 11.2 Å². The number of nitrogens with zero attached hydrogens (tertiary/aromatic N) is 5. The first-order chi connectivity index (χ1) is 30.3. The molecule has 1 aliphatic heterocycles. The van der Waals surface area contributed by atoms with Gasteiger partial charge in [0, 0.05) is 18.7 Å². The van der Waals surface area contributed by atoms with Gasteiger partial charge in [0.15, 0.2) is 29.0 Å². The average molecular weight is 831 g/mol. The normalized spacial score (nSPS) is 16.1. The minimum atomic E-state index is -2.97. The van der Waals surface area contributed by atoms with E-state index in [0.717, 1.165) is 22.3 Å². The molecule has 62 heavy (non-hydrogen) atoms. The van der Waals surface area contributed by atoms with Gasteiger partial charge in [0.05, 0.1) is 18.2 Å². The molecule has 0 saturated carbocycles. The second-order valence-electron chi connectivity index (χ2n) is 16.8. The lowest BCUT2D eigenvalue weighted by molar-refractivity contribution is -0.146. The van der Waals surface area contributed by atoms with Gasteiger partial charge in [0.1, 0.15) is 6.33 Å². The molecule has 0 amide bonds. The summed E-state index contributed by atoms with van der Waals surface area (Å²) >= 11 is 0. The van der Waals surface area contributed by atoms with Gasteiger partial charge in [-0.3, -0.25) is 9.47 Å². The van der Waals surface area contributed by atoms with Crippen LogP contribution in [-0.4, -0.2) is 58.5 Å². The summed E-state index contributed by atoms with van der Waals surface area (Å²) in [6.45, 7) is 8.23. The Hall–Kier alpha value is -6.67. The Morgan fingerprint density at radius 3 is 1.63 bits per heavy atom. The smallest absolute Gasteiger partial charge is 0.261 e. The Morgan fingerprint density at radius 2 is 1.13 bits per heavy atom. The number of nitrogen functional groups attached to an aromatic ring is 1. The fraction of sp³-hybridized carbons (Fsp3) is 0.189. The molecule has 2 aromatic heterocycles. The van der Waals surface area contributed by atoms with Crippen LogP contribution in [0.4, 0.5) is 5.82 Å². The van der Waals surface area contributed by atoms with Crippen molar-refractivity contribution in [2.45, 2.75) is 43.7 Å². The van der Waals surface area contributed by atoms with E-state index in [4.69, 9.17) is 24.9 Å². The molecule has 8 aromatic rings. The molecular formula is C53H50N6O2Si. The molecule has 2 N–H and O–H groups in total. The number of rotatable bonds is 10. The summed E-state index contributed by atoms with van der Waals surface area (Å²) in [6, 6.07) is 63.8. The number of benzene rings is 6. The van der Waals surface area contributed by atoms with E-state index >= 15 is 0 Å². The van der Waals surface area contributed by atoms with Gasteiger partial charge in [0.25, 0.3) is 8.32 Å². The predicted molar refractivity (Wildman–Crippen MR) is 250 cm³/mol.